The Hall–Kier alpha value is -2.94. The van der Waals surface area contributed by atoms with Crippen LogP contribution < -0.4 is 15.2 Å². The first-order valence-corrected chi connectivity index (χ1v) is 14.2. The van der Waals surface area contributed by atoms with Crippen LogP contribution in [-0.2, 0) is 35.1 Å². The topological polar surface area (TPSA) is 131 Å². The van der Waals surface area contributed by atoms with E-state index in [-0.39, 0.29) is 41.6 Å². The van der Waals surface area contributed by atoms with Gasteiger partial charge in [0.25, 0.3) is 0 Å². The Balaban J connectivity index is 2.05. The minimum Gasteiger partial charge on any atom is -0.459 e. The van der Waals surface area contributed by atoms with Crippen molar-refractivity contribution in [1.29, 1.82) is 0 Å². The van der Waals surface area contributed by atoms with E-state index in [4.69, 9.17) is 24.7 Å². The van der Waals surface area contributed by atoms with Crippen LogP contribution in [0.1, 0.15) is 92.1 Å². The highest BCUT2D eigenvalue weighted by atomic mass is 16.6. The Bertz CT molecular complexity index is 987. The summed E-state index contributed by atoms with van der Waals surface area (Å²) < 4.78 is 22.1. The van der Waals surface area contributed by atoms with E-state index in [1.54, 1.807) is 39.8 Å². The van der Waals surface area contributed by atoms with Gasteiger partial charge in [-0.15, -0.1) is 0 Å². The average Bonchev–Trinajstić information content (AvgIpc) is 2.93. The Labute approximate surface area is 232 Å². The fraction of sp³-hybridized carbons (Fsp3) is 0.667. The minimum absolute atomic E-state index is 0.0895. The second-order valence-electron chi connectivity index (χ2n) is 10.7. The van der Waals surface area contributed by atoms with Gasteiger partial charge in [-0.1, -0.05) is 53.0 Å². The van der Waals surface area contributed by atoms with Crippen LogP contribution in [0, 0.1) is 17.8 Å². The molecule has 1 aliphatic rings. The molecule has 0 radical (unpaired) electrons. The Morgan fingerprint density at radius 2 is 1.33 bits per heavy atom. The number of nitrogens with two attached hydrogens (primary N) is 1. The molecular formula is C30H45NO8. The van der Waals surface area contributed by atoms with E-state index in [0.29, 0.717) is 18.4 Å². The van der Waals surface area contributed by atoms with Gasteiger partial charge in [-0.3, -0.25) is 19.2 Å². The summed E-state index contributed by atoms with van der Waals surface area (Å²) in [5.74, 6) is -2.33. The molecule has 1 fully saturated rings. The molecule has 218 valence electrons. The molecule has 0 heterocycles. The highest BCUT2D eigenvalue weighted by molar-refractivity contribution is 5.79. The number of hydrogen-bond acceptors (Lipinski definition) is 9. The average molecular weight is 548 g/mol. The standard InChI is InChI=1S/C30H45NO8/c1-7-18(3)27(32)38-25-15-14-22(17-26(25)39-28(33)19(4)8-2)16-24(31)30(35)37-21(6)20(5)36-29(34)23-12-10-9-11-13-23/h14-15,17-21,23-24H,7-13,16,31H2,1-6H3/t18?,19?,20?,21-,24-/m0/s1. The summed E-state index contributed by atoms with van der Waals surface area (Å²) in [4.78, 5) is 50.0. The molecule has 1 saturated carbocycles. The molecule has 0 aromatic heterocycles. The van der Waals surface area contributed by atoms with Crippen LogP contribution in [0.3, 0.4) is 0 Å². The maximum Gasteiger partial charge on any atom is 0.323 e. The summed E-state index contributed by atoms with van der Waals surface area (Å²) in [7, 11) is 0. The van der Waals surface area contributed by atoms with Crippen molar-refractivity contribution in [1.82, 2.24) is 0 Å². The first-order chi connectivity index (χ1) is 18.5. The lowest BCUT2D eigenvalue weighted by atomic mass is 9.89. The Morgan fingerprint density at radius 3 is 1.90 bits per heavy atom. The number of benzene rings is 1. The molecule has 1 aromatic carbocycles. The molecule has 5 atom stereocenters. The highest BCUT2D eigenvalue weighted by Gasteiger charge is 2.29. The van der Waals surface area contributed by atoms with Crippen LogP contribution in [0.25, 0.3) is 0 Å². The van der Waals surface area contributed by atoms with Gasteiger partial charge >= 0.3 is 23.9 Å². The van der Waals surface area contributed by atoms with E-state index in [2.05, 4.69) is 0 Å². The van der Waals surface area contributed by atoms with Crippen LogP contribution in [0.4, 0.5) is 0 Å². The van der Waals surface area contributed by atoms with E-state index < -0.39 is 36.2 Å². The predicted molar refractivity (Wildman–Crippen MR) is 146 cm³/mol. The van der Waals surface area contributed by atoms with Gasteiger partial charge in [-0.25, -0.2) is 0 Å². The van der Waals surface area contributed by atoms with Crippen molar-refractivity contribution in [2.45, 2.75) is 111 Å². The predicted octanol–water partition coefficient (Wildman–Crippen LogP) is 4.90. The van der Waals surface area contributed by atoms with Crippen molar-refractivity contribution in [3.8, 4) is 11.5 Å². The lowest BCUT2D eigenvalue weighted by Gasteiger charge is -2.26. The molecule has 3 unspecified atom stereocenters. The molecule has 9 heteroatoms. The van der Waals surface area contributed by atoms with Gasteiger partial charge in [0.1, 0.15) is 18.2 Å². The maximum atomic E-state index is 12.7. The monoisotopic (exact) mass is 547 g/mol. The van der Waals surface area contributed by atoms with E-state index in [0.717, 1.165) is 32.1 Å². The Morgan fingerprint density at radius 1 is 0.795 bits per heavy atom. The summed E-state index contributed by atoms with van der Waals surface area (Å²) in [5, 5.41) is 0. The third-order valence-electron chi connectivity index (χ3n) is 7.42. The zero-order chi connectivity index (χ0) is 29.1. The maximum absolute atomic E-state index is 12.7. The van der Waals surface area contributed by atoms with Crippen molar-refractivity contribution < 1.29 is 38.1 Å². The van der Waals surface area contributed by atoms with Crippen LogP contribution in [-0.4, -0.2) is 42.1 Å². The molecule has 0 bridgehead atoms. The van der Waals surface area contributed by atoms with Gasteiger partial charge in [-0.2, -0.15) is 0 Å². The van der Waals surface area contributed by atoms with Crippen LogP contribution in [0.5, 0.6) is 11.5 Å². The fourth-order valence-electron chi connectivity index (χ4n) is 4.01. The van der Waals surface area contributed by atoms with Gasteiger partial charge in [0.15, 0.2) is 11.5 Å². The van der Waals surface area contributed by atoms with Crippen molar-refractivity contribution >= 4 is 23.9 Å². The van der Waals surface area contributed by atoms with E-state index in [1.807, 2.05) is 13.8 Å². The molecule has 2 N–H and O–H groups in total. The molecule has 1 aromatic rings. The van der Waals surface area contributed by atoms with Gasteiger partial charge in [-0.05, 0) is 63.6 Å². The third kappa shape index (κ3) is 9.95. The summed E-state index contributed by atoms with van der Waals surface area (Å²) in [6.45, 7) is 10.6. The third-order valence-corrected chi connectivity index (χ3v) is 7.42. The molecule has 1 aliphatic carbocycles. The molecular weight excluding hydrogens is 502 g/mol. The SMILES string of the molecule is CCC(C)C(=O)Oc1ccc(C[C@H](N)C(=O)O[C@@H](C)C(C)OC(=O)C2CCCCC2)cc1OC(=O)C(C)CC. The molecule has 0 amide bonds. The second-order valence-corrected chi connectivity index (χ2v) is 10.7. The fourth-order valence-corrected chi connectivity index (χ4v) is 4.01. The number of carbonyl (C=O) groups is 4. The first kappa shape index (κ1) is 32.3. The Kier molecular flexibility index (Phi) is 12.9. The zero-order valence-electron chi connectivity index (χ0n) is 24.2. The lowest BCUT2D eigenvalue weighted by Crippen LogP contribution is -2.40. The highest BCUT2D eigenvalue weighted by Crippen LogP contribution is 2.31. The van der Waals surface area contributed by atoms with E-state index in [9.17, 15) is 19.2 Å². The number of hydrogen-bond donors (Lipinski definition) is 1. The quantitative estimate of drug-likeness (QED) is 0.270. The van der Waals surface area contributed by atoms with Gasteiger partial charge in [0.2, 0.25) is 0 Å². The number of rotatable bonds is 13. The van der Waals surface area contributed by atoms with Gasteiger partial charge in [0.05, 0.1) is 17.8 Å². The van der Waals surface area contributed by atoms with Crippen molar-refractivity contribution in [3.05, 3.63) is 23.8 Å². The smallest absolute Gasteiger partial charge is 0.323 e. The van der Waals surface area contributed by atoms with Crippen LogP contribution >= 0.6 is 0 Å². The number of esters is 4. The molecule has 9 nitrogen and oxygen atoms in total. The first-order valence-electron chi connectivity index (χ1n) is 14.2. The van der Waals surface area contributed by atoms with Gasteiger partial charge < -0.3 is 24.7 Å². The summed E-state index contributed by atoms with van der Waals surface area (Å²) >= 11 is 0. The van der Waals surface area contributed by atoms with Gasteiger partial charge in [0, 0.05) is 0 Å². The number of carbonyl (C=O) groups excluding carboxylic acids is 4. The second kappa shape index (κ2) is 15.6. The van der Waals surface area contributed by atoms with Crippen molar-refractivity contribution in [3.63, 3.8) is 0 Å². The lowest BCUT2D eigenvalue weighted by molar-refractivity contribution is -0.169. The largest absolute Gasteiger partial charge is 0.459 e. The normalized spacial score (nSPS) is 17.7. The molecule has 0 saturated heterocycles. The zero-order valence-corrected chi connectivity index (χ0v) is 24.2. The summed E-state index contributed by atoms with van der Waals surface area (Å²) in [6.07, 6.45) is 4.84. The van der Waals surface area contributed by atoms with Crippen molar-refractivity contribution in [2.75, 3.05) is 0 Å². The number of ether oxygens (including phenoxy) is 4. The molecule has 39 heavy (non-hydrogen) atoms. The van der Waals surface area contributed by atoms with Crippen molar-refractivity contribution in [2.24, 2.45) is 23.5 Å². The summed E-state index contributed by atoms with van der Waals surface area (Å²) in [6, 6.07) is 3.72. The van der Waals surface area contributed by atoms with E-state index >= 15 is 0 Å². The molecule has 2 rings (SSSR count). The summed E-state index contributed by atoms with van der Waals surface area (Å²) in [5.41, 5.74) is 6.73. The van der Waals surface area contributed by atoms with Crippen LogP contribution in [0.15, 0.2) is 18.2 Å². The molecule has 0 spiro atoms. The van der Waals surface area contributed by atoms with E-state index in [1.165, 1.54) is 6.07 Å². The van der Waals surface area contributed by atoms with Crippen LogP contribution in [0.2, 0.25) is 0 Å². The minimum atomic E-state index is -1.01. The molecule has 0 aliphatic heterocycles.